The first kappa shape index (κ1) is 13.2. The predicted molar refractivity (Wildman–Crippen MR) is 78.2 cm³/mol. The van der Waals surface area contributed by atoms with Gasteiger partial charge in [0.2, 0.25) is 0 Å². The van der Waals surface area contributed by atoms with Crippen molar-refractivity contribution in [3.05, 3.63) is 18.5 Å². The van der Waals surface area contributed by atoms with Crippen LogP contribution in [-0.4, -0.2) is 24.1 Å². The van der Waals surface area contributed by atoms with Gasteiger partial charge in [-0.15, -0.1) is 0 Å². The molecular weight excluding hydrogens is 222 g/mol. The van der Waals surface area contributed by atoms with E-state index >= 15 is 0 Å². The fourth-order valence-electron chi connectivity index (χ4n) is 2.19. The van der Waals surface area contributed by atoms with Crippen LogP contribution in [0.25, 0.3) is 0 Å². The number of pyridine rings is 1. The van der Waals surface area contributed by atoms with Crippen LogP contribution >= 0.6 is 0 Å². The maximum absolute atomic E-state index is 4.36. The van der Waals surface area contributed by atoms with Crippen molar-refractivity contribution >= 4 is 11.4 Å². The maximum Gasteiger partial charge on any atom is 0.0575 e. The topological polar surface area (TPSA) is 28.2 Å². The van der Waals surface area contributed by atoms with Crippen LogP contribution in [0.3, 0.4) is 0 Å². The Labute approximate surface area is 111 Å². The summed E-state index contributed by atoms with van der Waals surface area (Å²) in [5, 5.41) is 3.34. The molecule has 3 nitrogen and oxygen atoms in total. The molecule has 1 heterocycles. The van der Waals surface area contributed by atoms with Gasteiger partial charge in [-0.2, -0.15) is 0 Å². The highest BCUT2D eigenvalue weighted by molar-refractivity contribution is 5.56. The molecule has 2 rings (SSSR count). The van der Waals surface area contributed by atoms with E-state index in [1.54, 1.807) is 0 Å². The molecule has 3 heteroatoms. The highest BCUT2D eigenvalue weighted by Crippen LogP contribution is 2.32. The number of nitrogens with one attached hydrogen (secondary N) is 1. The summed E-state index contributed by atoms with van der Waals surface area (Å²) in [6.07, 6.45) is 7.83. The second-order valence-corrected chi connectivity index (χ2v) is 5.57. The Morgan fingerprint density at radius 2 is 2.17 bits per heavy atom. The summed E-state index contributed by atoms with van der Waals surface area (Å²) < 4.78 is 0. The van der Waals surface area contributed by atoms with Gasteiger partial charge < -0.3 is 10.2 Å². The van der Waals surface area contributed by atoms with E-state index in [1.165, 1.54) is 24.9 Å². The van der Waals surface area contributed by atoms with E-state index in [-0.39, 0.29) is 0 Å². The lowest BCUT2D eigenvalue weighted by molar-refractivity contribution is 0.570. The van der Waals surface area contributed by atoms with Gasteiger partial charge in [0, 0.05) is 19.1 Å². The molecule has 100 valence electrons. The van der Waals surface area contributed by atoms with E-state index in [4.69, 9.17) is 0 Å². The summed E-state index contributed by atoms with van der Waals surface area (Å²) in [6, 6.07) is 2.98. The van der Waals surface area contributed by atoms with Crippen molar-refractivity contribution in [1.29, 1.82) is 0 Å². The molecule has 1 fully saturated rings. The zero-order chi connectivity index (χ0) is 13.0. The minimum absolute atomic E-state index is 0.752. The van der Waals surface area contributed by atoms with Crippen molar-refractivity contribution in [2.75, 3.05) is 23.3 Å². The summed E-state index contributed by atoms with van der Waals surface area (Å²) in [7, 11) is 0. The lowest BCUT2D eigenvalue weighted by Crippen LogP contribution is -2.27. The normalized spacial score (nSPS) is 14.9. The van der Waals surface area contributed by atoms with E-state index in [2.05, 4.69) is 42.0 Å². The third kappa shape index (κ3) is 3.62. The highest BCUT2D eigenvalue weighted by atomic mass is 15.2. The summed E-state index contributed by atoms with van der Waals surface area (Å²) in [5.74, 6) is 0.760. The first-order chi connectivity index (χ1) is 8.70. The Bertz CT molecular complexity index is 372. The van der Waals surface area contributed by atoms with Crippen LogP contribution in [0.2, 0.25) is 0 Å². The number of hydrogen-bond donors (Lipinski definition) is 1. The minimum atomic E-state index is 0.752. The molecule has 0 bridgehead atoms. The number of nitrogens with zero attached hydrogens (tertiary/aromatic N) is 2. The van der Waals surface area contributed by atoms with Gasteiger partial charge in [0.1, 0.15) is 0 Å². The van der Waals surface area contributed by atoms with Crippen LogP contribution in [0.5, 0.6) is 0 Å². The summed E-state index contributed by atoms with van der Waals surface area (Å²) in [4.78, 5) is 6.89. The molecule has 1 aliphatic carbocycles. The van der Waals surface area contributed by atoms with Gasteiger partial charge in [0.05, 0.1) is 23.8 Å². The molecule has 0 unspecified atom stereocenters. The maximum atomic E-state index is 4.36. The van der Waals surface area contributed by atoms with Crippen molar-refractivity contribution in [1.82, 2.24) is 4.98 Å². The number of aromatic nitrogens is 1. The van der Waals surface area contributed by atoms with Gasteiger partial charge in [-0.3, -0.25) is 4.98 Å². The SMILES string of the molecule is CCNc1cncc(N(CCC(C)C)C2CC2)c1. The standard InChI is InChI=1S/C15H25N3/c1-4-17-13-9-15(11-16-10-13)18(14-5-6-14)8-7-12(2)3/h9-12,14,17H,4-8H2,1-3H3. The number of rotatable bonds is 7. The van der Waals surface area contributed by atoms with Gasteiger partial charge in [0.15, 0.2) is 0 Å². The second kappa shape index (κ2) is 6.07. The minimum Gasteiger partial charge on any atom is -0.384 e. The zero-order valence-corrected chi connectivity index (χ0v) is 11.8. The molecule has 1 aromatic heterocycles. The summed E-state index contributed by atoms with van der Waals surface area (Å²) in [6.45, 7) is 8.79. The van der Waals surface area contributed by atoms with E-state index in [0.29, 0.717) is 0 Å². The molecule has 0 radical (unpaired) electrons. The summed E-state index contributed by atoms with van der Waals surface area (Å²) in [5.41, 5.74) is 2.40. The molecule has 0 saturated heterocycles. The molecule has 0 aromatic carbocycles. The fraction of sp³-hybridized carbons (Fsp3) is 0.667. The average molecular weight is 247 g/mol. The molecule has 0 atom stereocenters. The Hall–Kier alpha value is -1.25. The van der Waals surface area contributed by atoms with Gasteiger partial charge >= 0.3 is 0 Å². The largest absolute Gasteiger partial charge is 0.384 e. The van der Waals surface area contributed by atoms with Crippen molar-refractivity contribution < 1.29 is 0 Å². The Morgan fingerprint density at radius 1 is 1.39 bits per heavy atom. The molecule has 0 aliphatic heterocycles. The third-order valence-electron chi connectivity index (χ3n) is 3.37. The first-order valence-electron chi connectivity index (χ1n) is 7.16. The van der Waals surface area contributed by atoms with E-state index in [1.807, 2.05) is 12.4 Å². The van der Waals surface area contributed by atoms with Crippen molar-refractivity contribution in [3.63, 3.8) is 0 Å². The predicted octanol–water partition coefficient (Wildman–Crippen LogP) is 3.53. The smallest absolute Gasteiger partial charge is 0.0575 e. The van der Waals surface area contributed by atoms with E-state index < -0.39 is 0 Å². The molecule has 1 N–H and O–H groups in total. The second-order valence-electron chi connectivity index (χ2n) is 5.57. The Kier molecular flexibility index (Phi) is 4.45. The molecule has 0 spiro atoms. The van der Waals surface area contributed by atoms with E-state index in [9.17, 15) is 0 Å². The van der Waals surface area contributed by atoms with Crippen molar-refractivity contribution in [2.45, 2.75) is 46.1 Å². The first-order valence-corrected chi connectivity index (χ1v) is 7.16. The zero-order valence-electron chi connectivity index (χ0n) is 11.8. The fourth-order valence-corrected chi connectivity index (χ4v) is 2.19. The molecule has 18 heavy (non-hydrogen) atoms. The third-order valence-corrected chi connectivity index (χ3v) is 3.37. The lowest BCUT2D eigenvalue weighted by atomic mass is 10.1. The number of anilines is 2. The van der Waals surface area contributed by atoms with Gasteiger partial charge in [-0.25, -0.2) is 0 Å². The van der Waals surface area contributed by atoms with Crippen LogP contribution in [0.15, 0.2) is 18.5 Å². The molecular formula is C15H25N3. The molecule has 1 aliphatic rings. The van der Waals surface area contributed by atoms with Gasteiger partial charge in [-0.05, 0) is 38.2 Å². The van der Waals surface area contributed by atoms with Crippen LogP contribution in [-0.2, 0) is 0 Å². The van der Waals surface area contributed by atoms with E-state index in [0.717, 1.165) is 30.7 Å². The number of hydrogen-bond acceptors (Lipinski definition) is 3. The Balaban J connectivity index is 2.06. The monoisotopic (exact) mass is 247 g/mol. The van der Waals surface area contributed by atoms with Crippen LogP contribution in [0.1, 0.15) is 40.0 Å². The van der Waals surface area contributed by atoms with Crippen LogP contribution < -0.4 is 10.2 Å². The van der Waals surface area contributed by atoms with Crippen LogP contribution in [0, 0.1) is 5.92 Å². The van der Waals surface area contributed by atoms with Crippen molar-refractivity contribution in [3.8, 4) is 0 Å². The van der Waals surface area contributed by atoms with Crippen molar-refractivity contribution in [2.24, 2.45) is 5.92 Å². The molecule has 1 aromatic rings. The molecule has 0 amide bonds. The molecule has 1 saturated carbocycles. The average Bonchev–Trinajstić information content (AvgIpc) is 3.14. The highest BCUT2D eigenvalue weighted by Gasteiger charge is 2.29. The Morgan fingerprint density at radius 3 is 2.78 bits per heavy atom. The lowest BCUT2D eigenvalue weighted by Gasteiger charge is -2.25. The van der Waals surface area contributed by atoms with Gasteiger partial charge in [0.25, 0.3) is 0 Å². The summed E-state index contributed by atoms with van der Waals surface area (Å²) >= 11 is 0. The quantitative estimate of drug-likeness (QED) is 0.799. The van der Waals surface area contributed by atoms with Crippen LogP contribution in [0.4, 0.5) is 11.4 Å². The van der Waals surface area contributed by atoms with Gasteiger partial charge in [-0.1, -0.05) is 13.8 Å².